The molecule has 2 aliphatic rings. The number of benzene rings is 2. The normalized spacial score (nSPS) is 21.2. The van der Waals surface area contributed by atoms with Crippen LogP contribution >= 0.6 is 11.8 Å². The number of nitrogens with one attached hydrogen (secondary N) is 1. The van der Waals surface area contributed by atoms with Gasteiger partial charge in [0, 0.05) is 11.2 Å². The van der Waals surface area contributed by atoms with Crippen molar-refractivity contribution < 1.29 is 4.79 Å². The maximum atomic E-state index is 12.7. The molecule has 2 aromatic carbocycles. The summed E-state index contributed by atoms with van der Waals surface area (Å²) >= 11 is 1.50. The molecule has 1 fully saturated rings. The van der Waals surface area contributed by atoms with E-state index in [1.807, 2.05) is 18.2 Å². The monoisotopic (exact) mass is 387 g/mol. The van der Waals surface area contributed by atoms with E-state index in [2.05, 4.69) is 41.7 Å². The van der Waals surface area contributed by atoms with Gasteiger partial charge in [0.1, 0.15) is 5.92 Å². The van der Waals surface area contributed by atoms with E-state index < -0.39 is 11.3 Å². The highest BCUT2D eigenvalue weighted by atomic mass is 32.2. The van der Waals surface area contributed by atoms with E-state index in [1.165, 1.54) is 28.1 Å². The van der Waals surface area contributed by atoms with Gasteiger partial charge in [-0.25, -0.2) is 0 Å². The topological polar surface area (TPSA) is 76.7 Å². The van der Waals surface area contributed by atoms with E-state index in [0.29, 0.717) is 16.4 Å². The quantitative estimate of drug-likeness (QED) is 0.801. The number of carbonyl (C=O) groups is 1. The first-order valence-electron chi connectivity index (χ1n) is 9.64. The summed E-state index contributed by atoms with van der Waals surface area (Å²) in [5.41, 5.74) is 1.15. The summed E-state index contributed by atoms with van der Waals surface area (Å²) < 4.78 is 0. The van der Waals surface area contributed by atoms with Crippen molar-refractivity contribution in [1.82, 2.24) is 5.32 Å². The van der Waals surface area contributed by atoms with Crippen LogP contribution in [0.5, 0.6) is 0 Å². The molecule has 1 amide bonds. The lowest BCUT2D eigenvalue weighted by Crippen LogP contribution is -2.48. The zero-order chi connectivity index (χ0) is 19.6. The first-order chi connectivity index (χ1) is 13.7. The first-order valence-corrected chi connectivity index (χ1v) is 10.6. The average molecular weight is 388 g/mol. The molecule has 5 heteroatoms. The van der Waals surface area contributed by atoms with Gasteiger partial charge in [-0.2, -0.15) is 10.5 Å². The van der Waals surface area contributed by atoms with Crippen LogP contribution in [0.3, 0.4) is 0 Å². The van der Waals surface area contributed by atoms with Gasteiger partial charge in [-0.3, -0.25) is 4.79 Å². The molecule has 28 heavy (non-hydrogen) atoms. The fourth-order valence-corrected chi connectivity index (χ4v) is 5.73. The van der Waals surface area contributed by atoms with E-state index in [4.69, 9.17) is 0 Å². The number of rotatable bonds is 3. The Balaban J connectivity index is 1.70. The molecular weight excluding hydrogens is 366 g/mol. The molecule has 0 unspecified atom stereocenters. The molecule has 1 saturated carbocycles. The number of allylic oxidation sites excluding steroid dienone is 1. The lowest BCUT2D eigenvalue weighted by molar-refractivity contribution is -0.126. The first kappa shape index (κ1) is 18.6. The predicted octanol–water partition coefficient (Wildman–Crippen LogP) is 5.03. The van der Waals surface area contributed by atoms with Crippen molar-refractivity contribution in [2.45, 2.75) is 37.9 Å². The van der Waals surface area contributed by atoms with Crippen molar-refractivity contribution in [2.24, 2.45) is 11.3 Å². The van der Waals surface area contributed by atoms with Crippen molar-refractivity contribution in [3.8, 4) is 12.1 Å². The maximum absolute atomic E-state index is 12.7. The molecule has 1 atom stereocenters. The van der Waals surface area contributed by atoms with Crippen LogP contribution in [0.4, 0.5) is 0 Å². The smallest absolute Gasteiger partial charge is 0.243 e. The number of amides is 1. The molecule has 1 N–H and O–H groups in total. The number of nitriles is 2. The Morgan fingerprint density at radius 3 is 2.57 bits per heavy atom. The van der Waals surface area contributed by atoms with Crippen molar-refractivity contribution in [3.05, 3.63) is 58.6 Å². The summed E-state index contributed by atoms with van der Waals surface area (Å²) in [6, 6.07) is 19.0. The van der Waals surface area contributed by atoms with Gasteiger partial charge in [0.25, 0.3) is 0 Å². The number of nitrogens with zero attached hydrogens (tertiary/aromatic N) is 2. The minimum atomic E-state index is -0.774. The van der Waals surface area contributed by atoms with E-state index in [1.54, 1.807) is 0 Å². The molecule has 1 heterocycles. The second kappa shape index (κ2) is 7.70. The third kappa shape index (κ3) is 3.07. The van der Waals surface area contributed by atoms with Crippen LogP contribution in [0.1, 0.15) is 37.7 Å². The van der Waals surface area contributed by atoms with Gasteiger partial charge in [0.15, 0.2) is 0 Å². The number of fused-ring (bicyclic) bond motifs is 1. The molecule has 140 valence electrons. The molecule has 2 aromatic rings. The summed E-state index contributed by atoms with van der Waals surface area (Å²) in [5, 5.41) is 25.5. The van der Waals surface area contributed by atoms with Gasteiger partial charge >= 0.3 is 0 Å². The Kier molecular flexibility index (Phi) is 5.11. The highest BCUT2D eigenvalue weighted by molar-refractivity contribution is 8.02. The predicted molar refractivity (Wildman–Crippen MR) is 111 cm³/mol. The second-order valence-electron chi connectivity index (χ2n) is 7.51. The maximum Gasteiger partial charge on any atom is 0.243 e. The summed E-state index contributed by atoms with van der Waals surface area (Å²) in [6.45, 7) is 0. The van der Waals surface area contributed by atoms with Crippen LogP contribution in [0.2, 0.25) is 0 Å². The molecule has 4 rings (SSSR count). The van der Waals surface area contributed by atoms with Crippen LogP contribution < -0.4 is 5.32 Å². The Hall–Kier alpha value is -2.76. The fourth-order valence-electron chi connectivity index (χ4n) is 4.61. The molecular formula is C23H21N3OS. The minimum Gasteiger partial charge on any atom is -0.319 e. The average Bonchev–Trinajstić information content (AvgIpc) is 2.73. The molecule has 0 aromatic heterocycles. The Bertz CT molecular complexity index is 1030. The standard InChI is InChI=1S/C23H21N3OS/c24-13-19-21(27)26-22(20(14-25)23(19)11-4-1-5-12-23)28-15-17-9-6-8-16-7-2-3-10-18(16)17/h2-3,6-10,19H,1,4-5,11-12,15H2,(H,26,27)/t19-/m1/s1. The Morgan fingerprint density at radius 1 is 1.07 bits per heavy atom. The number of hydrogen-bond acceptors (Lipinski definition) is 4. The summed E-state index contributed by atoms with van der Waals surface area (Å²) in [4.78, 5) is 12.7. The van der Waals surface area contributed by atoms with Crippen LogP contribution in [0.25, 0.3) is 10.8 Å². The zero-order valence-corrected chi connectivity index (χ0v) is 16.4. The van der Waals surface area contributed by atoms with Gasteiger partial charge in [0.2, 0.25) is 5.91 Å². The zero-order valence-electron chi connectivity index (χ0n) is 15.6. The third-order valence-corrected chi connectivity index (χ3v) is 7.07. The van der Waals surface area contributed by atoms with E-state index >= 15 is 0 Å². The van der Waals surface area contributed by atoms with Crippen molar-refractivity contribution in [1.29, 1.82) is 10.5 Å². The van der Waals surface area contributed by atoms with Crippen molar-refractivity contribution >= 4 is 28.4 Å². The van der Waals surface area contributed by atoms with Gasteiger partial charge in [-0.15, -0.1) is 11.8 Å². The van der Waals surface area contributed by atoms with Gasteiger partial charge in [-0.05, 0) is 29.2 Å². The van der Waals surface area contributed by atoms with Crippen molar-refractivity contribution in [2.75, 3.05) is 0 Å². The van der Waals surface area contributed by atoms with Gasteiger partial charge in [0.05, 0.1) is 22.7 Å². The van der Waals surface area contributed by atoms with Crippen molar-refractivity contribution in [3.63, 3.8) is 0 Å². The molecule has 0 saturated heterocycles. The van der Waals surface area contributed by atoms with Crippen LogP contribution in [0.15, 0.2) is 53.1 Å². The molecule has 0 bridgehead atoms. The Morgan fingerprint density at radius 2 is 1.82 bits per heavy atom. The molecule has 4 nitrogen and oxygen atoms in total. The summed E-state index contributed by atoms with van der Waals surface area (Å²) in [6.07, 6.45) is 4.48. The van der Waals surface area contributed by atoms with E-state index in [-0.39, 0.29) is 5.91 Å². The van der Waals surface area contributed by atoms with E-state index in [0.717, 1.165) is 32.1 Å². The van der Waals surface area contributed by atoms with Gasteiger partial charge < -0.3 is 5.32 Å². The van der Waals surface area contributed by atoms with Gasteiger partial charge in [-0.1, -0.05) is 61.7 Å². The van der Waals surface area contributed by atoms with Crippen LogP contribution in [0, 0.1) is 34.0 Å². The number of carbonyl (C=O) groups excluding carboxylic acids is 1. The van der Waals surface area contributed by atoms with Crippen LogP contribution in [-0.4, -0.2) is 5.91 Å². The highest BCUT2D eigenvalue weighted by Crippen LogP contribution is 2.52. The number of hydrogen-bond donors (Lipinski definition) is 1. The second-order valence-corrected chi connectivity index (χ2v) is 8.50. The number of thioether (sulfide) groups is 1. The lowest BCUT2D eigenvalue weighted by Gasteiger charge is -2.43. The minimum absolute atomic E-state index is 0.260. The largest absolute Gasteiger partial charge is 0.319 e. The Labute approximate surface area is 169 Å². The summed E-state index contributed by atoms with van der Waals surface area (Å²) in [5.74, 6) is -0.372. The fraction of sp³-hybridized carbons (Fsp3) is 0.348. The van der Waals surface area contributed by atoms with E-state index in [9.17, 15) is 15.3 Å². The van der Waals surface area contributed by atoms with Crippen LogP contribution in [-0.2, 0) is 10.5 Å². The molecule has 1 aliphatic carbocycles. The lowest BCUT2D eigenvalue weighted by atomic mass is 9.61. The molecule has 0 radical (unpaired) electrons. The molecule has 1 spiro atoms. The molecule has 1 aliphatic heterocycles. The highest BCUT2D eigenvalue weighted by Gasteiger charge is 2.51. The third-order valence-electron chi connectivity index (χ3n) is 6.02. The SMILES string of the molecule is N#CC1=C(SCc2cccc3ccccc23)NC(=O)[C@@H](C#N)C12CCCCC2. The summed E-state index contributed by atoms with van der Waals surface area (Å²) in [7, 11) is 0.